The van der Waals surface area contributed by atoms with Crippen molar-refractivity contribution in [3.8, 4) is 11.1 Å². The molecule has 3 aromatic rings. The molecule has 0 saturated heterocycles. The van der Waals surface area contributed by atoms with Crippen LogP contribution in [0.2, 0.25) is 0 Å². The molecule has 22 heavy (non-hydrogen) atoms. The zero-order valence-corrected chi connectivity index (χ0v) is 16.6. The Labute approximate surface area is 164 Å². The molecule has 0 heterocycles. The zero-order chi connectivity index (χ0) is 13.1. The second kappa shape index (κ2) is 10.3. The quantitative estimate of drug-likeness (QED) is 0.514. The van der Waals surface area contributed by atoms with Crippen molar-refractivity contribution in [2.45, 2.75) is 26.2 Å². The van der Waals surface area contributed by atoms with Crippen molar-refractivity contribution in [2.24, 2.45) is 0 Å². The first-order chi connectivity index (χ1) is 9.38. The third kappa shape index (κ3) is 4.75. The fourth-order valence-electron chi connectivity index (χ4n) is 2.69. The number of unbranched alkanes of at least 4 members (excludes halogenated alkanes) is 1. The van der Waals surface area contributed by atoms with Crippen LogP contribution in [0.15, 0.2) is 60.7 Å². The van der Waals surface area contributed by atoms with Crippen LogP contribution in [-0.4, -0.2) is 0 Å². The summed E-state index contributed by atoms with van der Waals surface area (Å²) in [5, 5.41) is 2.76. The van der Waals surface area contributed by atoms with Crippen LogP contribution < -0.4 is 24.8 Å². The Balaban J connectivity index is 0.00000147. The van der Waals surface area contributed by atoms with E-state index >= 15 is 0 Å². The molecule has 3 rings (SSSR count). The van der Waals surface area contributed by atoms with Crippen LogP contribution in [0.4, 0.5) is 0 Å². The number of benzene rings is 2. The van der Waals surface area contributed by atoms with Crippen molar-refractivity contribution in [1.29, 1.82) is 0 Å². The average Bonchev–Trinajstić information content (AvgIpc) is 2.88. The van der Waals surface area contributed by atoms with Gasteiger partial charge in [-0.3, -0.25) is 0 Å². The maximum atomic E-state index is 2.37. The molecule has 0 aliphatic carbocycles. The Morgan fingerprint density at radius 2 is 1.64 bits per heavy atom. The summed E-state index contributed by atoms with van der Waals surface area (Å²) in [6, 6.07) is 22.0. The molecule has 0 fully saturated rings. The van der Waals surface area contributed by atoms with E-state index in [4.69, 9.17) is 0 Å². The number of aryl methyl sites for hydroxylation is 1. The average molecular weight is 409 g/mol. The maximum absolute atomic E-state index is 2.37. The molecule has 0 spiro atoms. The zero-order valence-electron chi connectivity index (χ0n) is 12.7. The van der Waals surface area contributed by atoms with Crippen molar-refractivity contribution in [3.63, 3.8) is 0 Å². The molecule has 0 aliphatic rings. The van der Waals surface area contributed by atoms with E-state index in [0.29, 0.717) is 0 Å². The molecule has 113 valence electrons. The topological polar surface area (TPSA) is 0 Å². The van der Waals surface area contributed by atoms with Gasteiger partial charge in [0.2, 0.25) is 0 Å². The molecule has 3 aromatic carbocycles. The molecule has 0 N–H and O–H groups in total. The van der Waals surface area contributed by atoms with E-state index < -0.39 is 0 Å². The normalized spacial score (nSPS) is 9.50. The van der Waals surface area contributed by atoms with Crippen LogP contribution in [0.1, 0.15) is 25.3 Å². The number of hydrogen-bond donors (Lipinski definition) is 0. The van der Waals surface area contributed by atoms with Crippen LogP contribution in [0, 0.1) is 0 Å². The van der Waals surface area contributed by atoms with E-state index in [9.17, 15) is 0 Å². The van der Waals surface area contributed by atoms with E-state index in [1.54, 1.807) is 0 Å². The molecular weight excluding hydrogens is 390 g/mol. The van der Waals surface area contributed by atoms with Gasteiger partial charge in [-0.1, -0.05) is 61.7 Å². The smallest absolute Gasteiger partial charge is 1.00 e. The summed E-state index contributed by atoms with van der Waals surface area (Å²) in [5.41, 5.74) is 4.13. The summed E-state index contributed by atoms with van der Waals surface area (Å²) in [4.78, 5) is 0. The van der Waals surface area contributed by atoms with Crippen LogP contribution >= 0.6 is 0 Å². The van der Waals surface area contributed by atoms with Crippen LogP contribution in [0.25, 0.3) is 21.9 Å². The van der Waals surface area contributed by atoms with E-state index in [1.807, 2.05) is 0 Å². The summed E-state index contributed by atoms with van der Waals surface area (Å²) in [6.45, 7) is 2.25. The largest absolute Gasteiger partial charge is 3.00 e. The number of rotatable bonds is 4. The summed E-state index contributed by atoms with van der Waals surface area (Å²) >= 11 is 0. The summed E-state index contributed by atoms with van der Waals surface area (Å²) in [5.74, 6) is 0. The SMILES string of the molecule is CCCCc1cc2c(-c3ccccc3)cccc2[cH-]1.[Cl-].[Cl-].[Zr+3]. The molecule has 0 aromatic heterocycles. The standard InChI is InChI=1S/C19H19.2ClH.Zr/c1-2-3-8-15-13-17-11-7-12-18(19(17)14-15)16-9-5-4-6-10-16;;;/h4-7,9-14H,2-3,8H2,1H3;2*1H;/q-1;;;+3/p-2. The summed E-state index contributed by atoms with van der Waals surface area (Å²) in [7, 11) is 0. The Morgan fingerprint density at radius 1 is 0.909 bits per heavy atom. The van der Waals surface area contributed by atoms with Crippen LogP contribution in [-0.2, 0) is 32.6 Å². The molecule has 1 radical (unpaired) electrons. The van der Waals surface area contributed by atoms with Crippen LogP contribution in [0.5, 0.6) is 0 Å². The third-order valence-electron chi connectivity index (χ3n) is 3.71. The Hall–Kier alpha value is -0.487. The summed E-state index contributed by atoms with van der Waals surface area (Å²) < 4.78 is 0. The Bertz CT molecular complexity index is 674. The Morgan fingerprint density at radius 3 is 2.32 bits per heavy atom. The van der Waals surface area contributed by atoms with Crippen molar-refractivity contribution >= 4 is 10.8 Å². The van der Waals surface area contributed by atoms with E-state index in [-0.39, 0.29) is 51.0 Å². The minimum atomic E-state index is 0. The first kappa shape index (κ1) is 21.5. The molecule has 0 bridgehead atoms. The van der Waals surface area contributed by atoms with Gasteiger partial charge in [-0.25, -0.2) is 0 Å². The van der Waals surface area contributed by atoms with Gasteiger partial charge in [0.05, 0.1) is 0 Å². The second-order valence-electron chi connectivity index (χ2n) is 5.14. The van der Waals surface area contributed by atoms with Crippen LogP contribution in [0.3, 0.4) is 0 Å². The fraction of sp³-hybridized carbons (Fsp3) is 0.211. The molecule has 0 saturated carbocycles. The van der Waals surface area contributed by atoms with Gasteiger partial charge in [0.15, 0.2) is 0 Å². The molecule has 0 nitrogen and oxygen atoms in total. The predicted octanol–water partition coefficient (Wildman–Crippen LogP) is -0.426. The monoisotopic (exact) mass is 407 g/mol. The van der Waals surface area contributed by atoms with Gasteiger partial charge in [-0.2, -0.15) is 6.07 Å². The first-order valence-corrected chi connectivity index (χ1v) is 7.12. The van der Waals surface area contributed by atoms with Crippen molar-refractivity contribution in [1.82, 2.24) is 0 Å². The van der Waals surface area contributed by atoms with Crippen molar-refractivity contribution in [3.05, 3.63) is 66.2 Å². The van der Waals surface area contributed by atoms with Crippen molar-refractivity contribution < 1.29 is 51.0 Å². The molecule has 3 heteroatoms. The predicted molar refractivity (Wildman–Crippen MR) is 83.6 cm³/mol. The number of halogens is 2. The van der Waals surface area contributed by atoms with Gasteiger partial charge >= 0.3 is 26.2 Å². The van der Waals surface area contributed by atoms with E-state index in [2.05, 4.69) is 67.6 Å². The van der Waals surface area contributed by atoms with Crippen molar-refractivity contribution in [2.75, 3.05) is 0 Å². The van der Waals surface area contributed by atoms with Gasteiger partial charge in [0.1, 0.15) is 0 Å². The summed E-state index contributed by atoms with van der Waals surface area (Å²) in [6.07, 6.45) is 3.73. The molecule has 0 amide bonds. The molecule has 0 unspecified atom stereocenters. The van der Waals surface area contributed by atoms with Gasteiger partial charge in [-0.05, 0) is 12.0 Å². The van der Waals surface area contributed by atoms with Gasteiger partial charge in [0, 0.05) is 0 Å². The molecular formula is C19H19Cl2Zr. The number of hydrogen-bond acceptors (Lipinski definition) is 0. The first-order valence-electron chi connectivity index (χ1n) is 7.12. The second-order valence-corrected chi connectivity index (χ2v) is 5.14. The third-order valence-corrected chi connectivity index (χ3v) is 3.71. The molecule has 0 aliphatic heterocycles. The minimum absolute atomic E-state index is 0. The molecule has 0 atom stereocenters. The van der Waals surface area contributed by atoms with Gasteiger partial charge in [-0.15, -0.1) is 34.5 Å². The Kier molecular flexibility index (Phi) is 10.1. The number of fused-ring (bicyclic) bond motifs is 1. The van der Waals surface area contributed by atoms with E-state index in [1.165, 1.54) is 46.7 Å². The van der Waals surface area contributed by atoms with Gasteiger partial charge < -0.3 is 24.8 Å². The van der Waals surface area contributed by atoms with Gasteiger partial charge in [0.25, 0.3) is 0 Å². The minimum Gasteiger partial charge on any atom is -1.00 e. The maximum Gasteiger partial charge on any atom is 3.00 e. The van der Waals surface area contributed by atoms with E-state index in [0.717, 1.165) is 0 Å². The fourth-order valence-corrected chi connectivity index (χ4v) is 2.69.